The lowest BCUT2D eigenvalue weighted by Gasteiger charge is -2.27. The summed E-state index contributed by atoms with van der Waals surface area (Å²) < 4.78 is 33.8. The molecule has 6 nitrogen and oxygen atoms in total. The lowest BCUT2D eigenvalue weighted by Crippen LogP contribution is -2.37. The van der Waals surface area contributed by atoms with Crippen molar-refractivity contribution in [3.05, 3.63) is 16.6 Å². The number of carbonyl (C=O) groups is 1. The minimum atomic E-state index is -3.64. The Balaban J connectivity index is 1.84. The smallest absolute Gasteiger partial charge is 0.262 e. The van der Waals surface area contributed by atoms with Crippen LogP contribution in [0, 0.1) is 5.92 Å². The number of carbonyl (C=O) groups excluding carboxylic acids is 1. The highest BCUT2D eigenvalue weighted by Gasteiger charge is 2.28. The standard InChI is InChI=1S/C15H19BrN2O4S/c1-9-2-4-10(5-3-9)18-23(20,21)14-7-13-12(6-11(14)16)17-15(19)8-22-13/h6-7,9-10,18H,2-5,8H2,1H3,(H,17,19). The molecule has 1 heterocycles. The molecule has 3 rings (SSSR count). The van der Waals surface area contributed by atoms with Gasteiger partial charge in [0.1, 0.15) is 5.75 Å². The molecular formula is C15H19BrN2O4S. The van der Waals surface area contributed by atoms with Gasteiger partial charge in [0.05, 0.1) is 10.6 Å². The number of nitrogens with one attached hydrogen (secondary N) is 2. The minimum absolute atomic E-state index is 0.0280. The normalized spacial score (nSPS) is 24.5. The maximum Gasteiger partial charge on any atom is 0.262 e. The minimum Gasteiger partial charge on any atom is -0.482 e. The molecule has 0 aromatic heterocycles. The predicted octanol–water partition coefficient (Wildman–Crippen LogP) is 2.64. The Morgan fingerprint density at radius 2 is 1.96 bits per heavy atom. The topological polar surface area (TPSA) is 84.5 Å². The first-order valence-corrected chi connectivity index (χ1v) is 9.91. The van der Waals surface area contributed by atoms with E-state index in [1.807, 2.05) is 0 Å². The second-order valence-corrected chi connectivity index (χ2v) is 8.73. The summed E-state index contributed by atoms with van der Waals surface area (Å²) in [5, 5.41) is 2.66. The van der Waals surface area contributed by atoms with Gasteiger partial charge in [-0.05, 0) is 53.6 Å². The first kappa shape index (κ1) is 16.7. The number of halogens is 1. The highest BCUT2D eigenvalue weighted by molar-refractivity contribution is 9.10. The third kappa shape index (κ3) is 3.70. The molecule has 1 amide bonds. The quantitative estimate of drug-likeness (QED) is 0.813. The summed E-state index contributed by atoms with van der Waals surface area (Å²) in [6.07, 6.45) is 3.78. The fourth-order valence-electron chi connectivity index (χ4n) is 2.95. The molecule has 0 bridgehead atoms. The summed E-state index contributed by atoms with van der Waals surface area (Å²) in [7, 11) is -3.64. The maximum atomic E-state index is 12.7. The molecule has 1 fully saturated rings. The van der Waals surface area contributed by atoms with Crippen LogP contribution >= 0.6 is 15.9 Å². The number of hydrogen-bond acceptors (Lipinski definition) is 4. The largest absolute Gasteiger partial charge is 0.482 e. The van der Waals surface area contributed by atoms with Crippen molar-refractivity contribution in [3.63, 3.8) is 0 Å². The average molecular weight is 403 g/mol. The van der Waals surface area contributed by atoms with E-state index in [1.165, 1.54) is 6.07 Å². The van der Waals surface area contributed by atoms with Crippen LogP contribution in [0.25, 0.3) is 0 Å². The van der Waals surface area contributed by atoms with Crippen LogP contribution in [-0.2, 0) is 14.8 Å². The Bertz CT molecular complexity index is 727. The molecule has 0 unspecified atom stereocenters. The third-order valence-corrected chi connectivity index (χ3v) is 6.77. The zero-order chi connectivity index (χ0) is 16.6. The van der Waals surface area contributed by atoms with Gasteiger partial charge in [-0.2, -0.15) is 0 Å². The van der Waals surface area contributed by atoms with Crippen LogP contribution in [0.2, 0.25) is 0 Å². The molecule has 0 atom stereocenters. The van der Waals surface area contributed by atoms with Crippen LogP contribution < -0.4 is 14.8 Å². The molecule has 1 aliphatic heterocycles. The van der Waals surface area contributed by atoms with Gasteiger partial charge < -0.3 is 10.1 Å². The lowest BCUT2D eigenvalue weighted by molar-refractivity contribution is -0.118. The highest BCUT2D eigenvalue weighted by Crippen LogP contribution is 2.36. The van der Waals surface area contributed by atoms with Crippen molar-refractivity contribution in [2.24, 2.45) is 5.92 Å². The number of amides is 1. The molecule has 126 valence electrons. The summed E-state index contributed by atoms with van der Waals surface area (Å²) in [6.45, 7) is 2.08. The number of benzene rings is 1. The first-order chi connectivity index (χ1) is 10.8. The van der Waals surface area contributed by atoms with Gasteiger partial charge in [0.2, 0.25) is 10.0 Å². The molecule has 0 spiro atoms. The van der Waals surface area contributed by atoms with Crippen LogP contribution in [0.5, 0.6) is 5.75 Å². The fourth-order valence-corrected chi connectivity index (χ4v) is 5.31. The van der Waals surface area contributed by atoms with E-state index < -0.39 is 10.0 Å². The number of anilines is 1. The summed E-state index contributed by atoms with van der Waals surface area (Å²) in [6, 6.07) is 2.98. The Morgan fingerprint density at radius 1 is 1.26 bits per heavy atom. The van der Waals surface area contributed by atoms with E-state index in [0.29, 0.717) is 21.8 Å². The predicted molar refractivity (Wildman–Crippen MR) is 90.0 cm³/mol. The SMILES string of the molecule is CC1CCC(NS(=O)(=O)c2cc3c(cc2Br)NC(=O)CO3)CC1. The average Bonchev–Trinajstić information content (AvgIpc) is 2.48. The van der Waals surface area contributed by atoms with Crippen LogP contribution in [0.15, 0.2) is 21.5 Å². The zero-order valence-electron chi connectivity index (χ0n) is 12.8. The van der Waals surface area contributed by atoms with Gasteiger partial charge in [0.15, 0.2) is 6.61 Å². The Morgan fingerprint density at radius 3 is 2.65 bits per heavy atom. The molecule has 1 aliphatic carbocycles. The number of fused-ring (bicyclic) bond motifs is 1. The number of hydrogen-bond donors (Lipinski definition) is 2. The van der Waals surface area contributed by atoms with Crippen LogP contribution in [0.1, 0.15) is 32.6 Å². The molecule has 1 aromatic rings. The Kier molecular flexibility index (Phi) is 4.66. The summed E-state index contributed by atoms with van der Waals surface area (Å²) >= 11 is 3.28. The zero-order valence-corrected chi connectivity index (χ0v) is 15.2. The van der Waals surface area contributed by atoms with Gasteiger partial charge in [-0.1, -0.05) is 6.92 Å². The number of ether oxygens (including phenoxy) is 1. The van der Waals surface area contributed by atoms with Crippen molar-refractivity contribution in [1.82, 2.24) is 4.72 Å². The molecule has 23 heavy (non-hydrogen) atoms. The first-order valence-electron chi connectivity index (χ1n) is 7.63. The van der Waals surface area contributed by atoms with E-state index in [-0.39, 0.29) is 23.5 Å². The van der Waals surface area contributed by atoms with E-state index in [4.69, 9.17) is 4.74 Å². The molecule has 2 N–H and O–H groups in total. The van der Waals surface area contributed by atoms with E-state index in [2.05, 4.69) is 32.9 Å². The Hall–Kier alpha value is -1.12. The fraction of sp³-hybridized carbons (Fsp3) is 0.533. The van der Waals surface area contributed by atoms with Crippen LogP contribution in [0.4, 0.5) is 5.69 Å². The van der Waals surface area contributed by atoms with E-state index >= 15 is 0 Å². The van der Waals surface area contributed by atoms with Gasteiger partial charge in [-0.25, -0.2) is 13.1 Å². The monoisotopic (exact) mass is 402 g/mol. The number of rotatable bonds is 3. The molecule has 1 aromatic carbocycles. The molecular weight excluding hydrogens is 384 g/mol. The van der Waals surface area contributed by atoms with Gasteiger partial charge in [-0.3, -0.25) is 4.79 Å². The van der Waals surface area contributed by atoms with Crippen molar-refractivity contribution in [3.8, 4) is 5.75 Å². The summed E-state index contributed by atoms with van der Waals surface area (Å²) in [5.41, 5.74) is 0.471. The lowest BCUT2D eigenvalue weighted by atomic mass is 9.88. The molecule has 2 aliphatic rings. The summed E-state index contributed by atoms with van der Waals surface area (Å²) in [5.74, 6) is 0.767. The van der Waals surface area contributed by atoms with E-state index in [1.54, 1.807) is 6.07 Å². The highest BCUT2D eigenvalue weighted by atomic mass is 79.9. The summed E-state index contributed by atoms with van der Waals surface area (Å²) in [4.78, 5) is 11.5. The third-order valence-electron chi connectivity index (χ3n) is 4.29. The van der Waals surface area contributed by atoms with Crippen molar-refractivity contribution >= 4 is 37.5 Å². The second kappa shape index (κ2) is 6.41. The van der Waals surface area contributed by atoms with Gasteiger partial charge >= 0.3 is 0 Å². The van der Waals surface area contributed by atoms with Crippen LogP contribution in [0.3, 0.4) is 0 Å². The van der Waals surface area contributed by atoms with Gasteiger partial charge in [-0.15, -0.1) is 0 Å². The number of sulfonamides is 1. The van der Waals surface area contributed by atoms with Crippen molar-refractivity contribution in [1.29, 1.82) is 0 Å². The molecule has 0 radical (unpaired) electrons. The molecule has 0 saturated heterocycles. The van der Waals surface area contributed by atoms with Crippen LogP contribution in [-0.4, -0.2) is 27.0 Å². The van der Waals surface area contributed by atoms with Gasteiger partial charge in [0, 0.05) is 16.6 Å². The van der Waals surface area contributed by atoms with E-state index in [0.717, 1.165) is 25.7 Å². The van der Waals surface area contributed by atoms with Crippen molar-refractivity contribution in [2.75, 3.05) is 11.9 Å². The molecule has 8 heteroatoms. The second-order valence-electron chi connectivity index (χ2n) is 6.19. The van der Waals surface area contributed by atoms with Crippen molar-refractivity contribution < 1.29 is 17.9 Å². The Labute approximate surface area is 144 Å². The van der Waals surface area contributed by atoms with Crippen molar-refractivity contribution in [2.45, 2.75) is 43.5 Å². The molecule has 1 saturated carbocycles. The maximum absolute atomic E-state index is 12.7. The van der Waals surface area contributed by atoms with Gasteiger partial charge in [0.25, 0.3) is 5.91 Å². The van der Waals surface area contributed by atoms with E-state index in [9.17, 15) is 13.2 Å².